The van der Waals surface area contributed by atoms with Gasteiger partial charge in [-0.3, -0.25) is 9.69 Å². The quantitative estimate of drug-likeness (QED) is 0.777. The van der Waals surface area contributed by atoms with Crippen molar-refractivity contribution >= 4 is 5.82 Å². The standard InChI is InChI=1S/C18H25N5O2/c1-3-23(17-5-4-7-19-20-17)14-16-13-22(9-10-25-16)12-15-6-8-21(2)18(24)11-15/h4-8,11,16H,3,9-10,12-14H2,1-2H3/t16-/m1/s1. The molecule has 3 heterocycles. The van der Waals surface area contributed by atoms with Crippen molar-refractivity contribution in [1.82, 2.24) is 19.7 Å². The Balaban J connectivity index is 1.60. The van der Waals surface area contributed by atoms with Gasteiger partial charge in [-0.1, -0.05) is 0 Å². The maximum absolute atomic E-state index is 11.8. The fourth-order valence-electron chi connectivity index (χ4n) is 3.07. The molecule has 0 aliphatic carbocycles. The summed E-state index contributed by atoms with van der Waals surface area (Å²) in [5.74, 6) is 0.872. The van der Waals surface area contributed by atoms with Crippen LogP contribution in [-0.2, 0) is 18.3 Å². The van der Waals surface area contributed by atoms with Gasteiger partial charge in [-0.25, -0.2) is 0 Å². The molecule has 1 fully saturated rings. The third-order valence-electron chi connectivity index (χ3n) is 4.49. The number of nitrogens with zero attached hydrogens (tertiary/aromatic N) is 5. The van der Waals surface area contributed by atoms with Gasteiger partial charge in [-0.15, -0.1) is 5.10 Å². The number of morpholine rings is 1. The maximum atomic E-state index is 11.8. The van der Waals surface area contributed by atoms with E-state index in [4.69, 9.17) is 4.74 Å². The predicted molar refractivity (Wildman–Crippen MR) is 96.6 cm³/mol. The van der Waals surface area contributed by atoms with Crippen LogP contribution in [0.5, 0.6) is 0 Å². The van der Waals surface area contributed by atoms with Crippen LogP contribution in [0.15, 0.2) is 41.5 Å². The molecule has 1 aliphatic rings. The second kappa shape index (κ2) is 8.22. The molecule has 7 heteroatoms. The summed E-state index contributed by atoms with van der Waals surface area (Å²) in [6, 6.07) is 7.58. The van der Waals surface area contributed by atoms with E-state index in [-0.39, 0.29) is 11.7 Å². The minimum Gasteiger partial charge on any atom is -0.374 e. The number of likely N-dealkylation sites (N-methyl/N-ethyl adjacent to an activating group) is 1. The van der Waals surface area contributed by atoms with Crippen LogP contribution in [0.2, 0.25) is 0 Å². The first-order chi connectivity index (χ1) is 12.2. The summed E-state index contributed by atoms with van der Waals surface area (Å²) >= 11 is 0. The van der Waals surface area contributed by atoms with Crippen molar-refractivity contribution in [3.05, 3.63) is 52.6 Å². The van der Waals surface area contributed by atoms with Gasteiger partial charge in [0.2, 0.25) is 0 Å². The highest BCUT2D eigenvalue weighted by Crippen LogP contribution is 2.14. The van der Waals surface area contributed by atoms with E-state index in [0.29, 0.717) is 6.61 Å². The molecule has 0 radical (unpaired) electrons. The molecule has 1 atom stereocenters. The average Bonchev–Trinajstić information content (AvgIpc) is 2.64. The van der Waals surface area contributed by atoms with E-state index in [2.05, 4.69) is 26.9 Å². The fraction of sp³-hybridized carbons (Fsp3) is 0.500. The number of aryl methyl sites for hydroxylation is 1. The summed E-state index contributed by atoms with van der Waals surface area (Å²) in [4.78, 5) is 16.3. The Morgan fingerprint density at radius 1 is 1.40 bits per heavy atom. The number of hydrogen-bond acceptors (Lipinski definition) is 6. The number of aromatic nitrogens is 3. The lowest BCUT2D eigenvalue weighted by Crippen LogP contribution is -2.47. The van der Waals surface area contributed by atoms with Crippen LogP contribution in [0.1, 0.15) is 12.5 Å². The molecule has 0 bridgehead atoms. The van der Waals surface area contributed by atoms with Crippen molar-refractivity contribution in [1.29, 1.82) is 0 Å². The van der Waals surface area contributed by atoms with Crippen LogP contribution >= 0.6 is 0 Å². The lowest BCUT2D eigenvalue weighted by molar-refractivity contribution is -0.0268. The van der Waals surface area contributed by atoms with E-state index in [1.807, 2.05) is 24.4 Å². The van der Waals surface area contributed by atoms with E-state index in [9.17, 15) is 4.79 Å². The summed E-state index contributed by atoms with van der Waals surface area (Å²) in [6.45, 7) is 6.93. The van der Waals surface area contributed by atoms with Gasteiger partial charge in [0.1, 0.15) is 0 Å². The Labute approximate surface area is 147 Å². The molecule has 2 aromatic heterocycles. The maximum Gasteiger partial charge on any atom is 0.250 e. The molecule has 1 saturated heterocycles. The molecule has 2 aromatic rings. The molecule has 0 spiro atoms. The highest BCUT2D eigenvalue weighted by Gasteiger charge is 2.23. The van der Waals surface area contributed by atoms with E-state index in [1.54, 1.807) is 23.9 Å². The summed E-state index contributed by atoms with van der Waals surface area (Å²) in [5, 5.41) is 8.15. The first kappa shape index (κ1) is 17.6. The number of rotatable bonds is 6. The van der Waals surface area contributed by atoms with E-state index < -0.39 is 0 Å². The van der Waals surface area contributed by atoms with Gasteiger partial charge < -0.3 is 14.2 Å². The minimum absolute atomic E-state index is 0.0297. The summed E-state index contributed by atoms with van der Waals surface area (Å²) in [5.41, 5.74) is 1.08. The summed E-state index contributed by atoms with van der Waals surface area (Å²) in [6.07, 6.45) is 3.62. The molecule has 25 heavy (non-hydrogen) atoms. The summed E-state index contributed by atoms with van der Waals surface area (Å²) in [7, 11) is 1.77. The molecule has 3 rings (SSSR count). The number of anilines is 1. The zero-order valence-electron chi connectivity index (χ0n) is 14.8. The van der Waals surface area contributed by atoms with Crippen LogP contribution in [0.4, 0.5) is 5.82 Å². The first-order valence-electron chi connectivity index (χ1n) is 8.68. The predicted octanol–water partition coefficient (Wildman–Crippen LogP) is 0.903. The van der Waals surface area contributed by atoms with Crippen molar-refractivity contribution in [2.24, 2.45) is 7.05 Å². The molecular weight excluding hydrogens is 318 g/mol. The number of pyridine rings is 1. The Kier molecular flexibility index (Phi) is 5.78. The lowest BCUT2D eigenvalue weighted by Gasteiger charge is -2.35. The van der Waals surface area contributed by atoms with Crippen LogP contribution in [-0.4, -0.2) is 58.6 Å². The Bertz CT molecular complexity index is 734. The van der Waals surface area contributed by atoms with Crippen molar-refractivity contribution in [3.8, 4) is 0 Å². The van der Waals surface area contributed by atoms with Gasteiger partial charge in [-0.05, 0) is 30.7 Å². The number of ether oxygens (including phenoxy) is 1. The van der Waals surface area contributed by atoms with E-state index in [1.165, 1.54) is 0 Å². The Hall–Kier alpha value is -2.25. The van der Waals surface area contributed by atoms with E-state index in [0.717, 1.165) is 44.1 Å². The van der Waals surface area contributed by atoms with Crippen molar-refractivity contribution in [2.45, 2.75) is 19.6 Å². The van der Waals surface area contributed by atoms with E-state index >= 15 is 0 Å². The third-order valence-corrected chi connectivity index (χ3v) is 4.49. The fourth-order valence-corrected chi connectivity index (χ4v) is 3.07. The first-order valence-corrected chi connectivity index (χ1v) is 8.68. The largest absolute Gasteiger partial charge is 0.374 e. The van der Waals surface area contributed by atoms with Crippen molar-refractivity contribution < 1.29 is 4.74 Å². The molecule has 1 aliphatic heterocycles. The minimum atomic E-state index is 0.0297. The molecule has 7 nitrogen and oxygen atoms in total. The topological polar surface area (TPSA) is 63.5 Å². The van der Waals surface area contributed by atoms with Crippen LogP contribution in [0.25, 0.3) is 0 Å². The highest BCUT2D eigenvalue weighted by atomic mass is 16.5. The van der Waals surface area contributed by atoms with Gasteiger partial charge >= 0.3 is 0 Å². The van der Waals surface area contributed by atoms with Crippen LogP contribution < -0.4 is 10.5 Å². The zero-order valence-corrected chi connectivity index (χ0v) is 14.8. The molecule has 0 N–H and O–H groups in total. The average molecular weight is 343 g/mol. The molecule has 0 saturated carbocycles. The molecule has 0 amide bonds. The molecule has 0 aromatic carbocycles. The van der Waals surface area contributed by atoms with Gasteiger partial charge in [0.15, 0.2) is 5.82 Å². The zero-order chi connectivity index (χ0) is 17.6. The van der Waals surface area contributed by atoms with Crippen molar-refractivity contribution in [2.75, 3.05) is 37.7 Å². The SMILES string of the molecule is CCN(C[C@H]1CN(Cc2ccn(C)c(=O)c2)CCO1)c1cccnn1. The second-order valence-electron chi connectivity index (χ2n) is 6.33. The monoisotopic (exact) mass is 343 g/mol. The van der Waals surface area contributed by atoms with Gasteiger partial charge in [0.25, 0.3) is 5.56 Å². The van der Waals surface area contributed by atoms with Gasteiger partial charge in [-0.2, -0.15) is 5.10 Å². The van der Waals surface area contributed by atoms with Gasteiger partial charge in [0, 0.05) is 58.2 Å². The van der Waals surface area contributed by atoms with Crippen LogP contribution in [0.3, 0.4) is 0 Å². The van der Waals surface area contributed by atoms with Gasteiger partial charge in [0.05, 0.1) is 12.7 Å². The molecular formula is C18H25N5O2. The smallest absolute Gasteiger partial charge is 0.250 e. The Morgan fingerprint density at radius 2 is 2.28 bits per heavy atom. The lowest BCUT2D eigenvalue weighted by atomic mass is 10.2. The molecule has 134 valence electrons. The molecule has 0 unspecified atom stereocenters. The highest BCUT2D eigenvalue weighted by molar-refractivity contribution is 5.36. The van der Waals surface area contributed by atoms with Crippen molar-refractivity contribution in [3.63, 3.8) is 0 Å². The third kappa shape index (κ3) is 4.64. The Morgan fingerprint density at radius 3 is 3.00 bits per heavy atom. The normalized spacial score (nSPS) is 18.2. The second-order valence-corrected chi connectivity index (χ2v) is 6.33. The van der Waals surface area contributed by atoms with Crippen LogP contribution in [0, 0.1) is 0 Å². The summed E-state index contributed by atoms with van der Waals surface area (Å²) < 4.78 is 7.53. The number of hydrogen-bond donors (Lipinski definition) is 0.